The van der Waals surface area contributed by atoms with Gasteiger partial charge in [-0.05, 0) is 93.9 Å². The average molecular weight is 305 g/mol. The first-order valence-corrected chi connectivity index (χ1v) is 9.03. The minimum absolute atomic E-state index is 0.661. The zero-order valence-corrected chi connectivity index (χ0v) is 14.1. The van der Waals surface area contributed by atoms with Crippen molar-refractivity contribution >= 4 is 17.6 Å². The second kappa shape index (κ2) is 7.03. The molecule has 0 saturated carbocycles. The first kappa shape index (κ1) is 15.2. The molecule has 0 unspecified atom stereocenters. The van der Waals surface area contributed by atoms with Crippen LogP contribution in [0.4, 0.5) is 5.69 Å². The number of anilines is 1. The van der Waals surface area contributed by atoms with Crippen LogP contribution in [0, 0.1) is 0 Å². The van der Waals surface area contributed by atoms with Gasteiger partial charge in [0, 0.05) is 23.7 Å². The molecular formula is C17H27N3S. The maximum absolute atomic E-state index is 3.72. The molecule has 3 nitrogen and oxygen atoms in total. The van der Waals surface area contributed by atoms with Crippen LogP contribution in [-0.4, -0.2) is 38.1 Å². The largest absolute Gasteiger partial charge is 0.388 e. The van der Waals surface area contributed by atoms with Crippen molar-refractivity contribution in [2.75, 3.05) is 32.5 Å². The van der Waals surface area contributed by atoms with Crippen molar-refractivity contribution in [2.45, 2.75) is 49.5 Å². The molecule has 1 aliphatic heterocycles. The molecule has 116 valence electrons. The van der Waals surface area contributed by atoms with E-state index in [-0.39, 0.29) is 0 Å². The molecule has 0 aromatic heterocycles. The summed E-state index contributed by atoms with van der Waals surface area (Å²) in [6, 6.07) is 5.21. The van der Waals surface area contributed by atoms with Crippen molar-refractivity contribution in [1.29, 1.82) is 0 Å². The summed E-state index contributed by atoms with van der Waals surface area (Å²) in [5, 5.41) is 3.36. The molecule has 2 aliphatic rings. The van der Waals surface area contributed by atoms with Gasteiger partial charge in [-0.15, -0.1) is 0 Å². The van der Waals surface area contributed by atoms with Gasteiger partial charge in [-0.2, -0.15) is 0 Å². The summed E-state index contributed by atoms with van der Waals surface area (Å²) in [5.74, 6) is 0. The number of nitrogens with one attached hydrogen (secondary N) is 2. The molecule has 3 rings (SSSR count). The standard InChI is InChI=1S/C17H27N3S/c1-18-16-7-8-17(15-6-4-3-5-14(15)16)21-19-13-9-11-20(2)12-10-13/h7-8,13,18-19H,3-6,9-12H2,1-2H3. The van der Waals surface area contributed by atoms with Gasteiger partial charge in [0.25, 0.3) is 0 Å². The minimum atomic E-state index is 0.661. The van der Waals surface area contributed by atoms with Gasteiger partial charge in [0.15, 0.2) is 0 Å². The summed E-state index contributed by atoms with van der Waals surface area (Å²) < 4.78 is 3.72. The van der Waals surface area contributed by atoms with Crippen LogP contribution >= 0.6 is 11.9 Å². The fraction of sp³-hybridized carbons (Fsp3) is 0.647. The highest BCUT2D eigenvalue weighted by molar-refractivity contribution is 7.97. The van der Waals surface area contributed by atoms with E-state index in [0.717, 1.165) is 0 Å². The Bertz CT molecular complexity index is 481. The molecule has 21 heavy (non-hydrogen) atoms. The number of nitrogens with zero attached hydrogens (tertiary/aromatic N) is 1. The van der Waals surface area contributed by atoms with Crippen molar-refractivity contribution in [1.82, 2.24) is 9.62 Å². The van der Waals surface area contributed by atoms with E-state index in [0.29, 0.717) is 6.04 Å². The topological polar surface area (TPSA) is 27.3 Å². The normalized spacial score (nSPS) is 20.3. The van der Waals surface area contributed by atoms with Crippen LogP contribution in [0.15, 0.2) is 17.0 Å². The Labute approximate surface area is 133 Å². The smallest absolute Gasteiger partial charge is 0.0373 e. The fourth-order valence-electron chi connectivity index (χ4n) is 3.44. The lowest BCUT2D eigenvalue weighted by Gasteiger charge is -2.30. The highest BCUT2D eigenvalue weighted by Gasteiger charge is 2.19. The maximum atomic E-state index is 3.72. The van der Waals surface area contributed by atoms with E-state index >= 15 is 0 Å². The lowest BCUT2D eigenvalue weighted by atomic mass is 9.90. The Kier molecular flexibility index (Phi) is 5.09. The minimum Gasteiger partial charge on any atom is -0.388 e. The Morgan fingerprint density at radius 2 is 1.81 bits per heavy atom. The number of likely N-dealkylation sites (tertiary alicyclic amines) is 1. The SMILES string of the molecule is CNc1ccc(SNC2CCN(C)CC2)c2c1CCCC2. The first-order valence-electron chi connectivity index (χ1n) is 8.21. The summed E-state index contributed by atoms with van der Waals surface area (Å²) in [6.07, 6.45) is 7.66. The van der Waals surface area contributed by atoms with Crippen molar-refractivity contribution in [3.8, 4) is 0 Å². The summed E-state index contributed by atoms with van der Waals surface area (Å²) in [4.78, 5) is 3.87. The van der Waals surface area contributed by atoms with Gasteiger partial charge in [0.05, 0.1) is 0 Å². The van der Waals surface area contributed by atoms with Crippen LogP contribution < -0.4 is 10.0 Å². The van der Waals surface area contributed by atoms with Gasteiger partial charge in [-0.25, -0.2) is 0 Å². The van der Waals surface area contributed by atoms with E-state index in [1.165, 1.54) is 62.2 Å². The summed E-state index contributed by atoms with van der Waals surface area (Å²) in [7, 11) is 4.25. The molecule has 0 amide bonds. The van der Waals surface area contributed by atoms with E-state index in [4.69, 9.17) is 0 Å². The third-order valence-electron chi connectivity index (χ3n) is 4.82. The Balaban J connectivity index is 1.68. The lowest BCUT2D eigenvalue weighted by molar-refractivity contribution is 0.250. The molecule has 0 atom stereocenters. The predicted octanol–water partition coefficient (Wildman–Crippen LogP) is 3.30. The van der Waals surface area contributed by atoms with Gasteiger partial charge in [0.1, 0.15) is 0 Å². The maximum Gasteiger partial charge on any atom is 0.0373 e. The molecule has 0 spiro atoms. The van der Waals surface area contributed by atoms with E-state index < -0.39 is 0 Å². The van der Waals surface area contributed by atoms with Gasteiger partial charge in [-0.3, -0.25) is 4.72 Å². The number of benzene rings is 1. The van der Waals surface area contributed by atoms with Crippen molar-refractivity contribution in [3.05, 3.63) is 23.3 Å². The number of piperidine rings is 1. The van der Waals surface area contributed by atoms with Gasteiger partial charge < -0.3 is 10.2 Å². The summed E-state index contributed by atoms with van der Waals surface area (Å²) >= 11 is 1.87. The Morgan fingerprint density at radius 1 is 1.10 bits per heavy atom. The number of hydrogen-bond donors (Lipinski definition) is 2. The monoisotopic (exact) mass is 305 g/mol. The van der Waals surface area contributed by atoms with Crippen LogP contribution in [-0.2, 0) is 12.8 Å². The molecule has 1 aromatic carbocycles. The van der Waals surface area contributed by atoms with E-state index in [9.17, 15) is 0 Å². The zero-order valence-electron chi connectivity index (χ0n) is 13.2. The Morgan fingerprint density at radius 3 is 2.52 bits per heavy atom. The third-order valence-corrected chi connectivity index (χ3v) is 5.87. The van der Waals surface area contributed by atoms with Crippen LogP contribution in [0.5, 0.6) is 0 Å². The molecular weight excluding hydrogens is 278 g/mol. The average Bonchev–Trinajstić information content (AvgIpc) is 2.54. The van der Waals surface area contributed by atoms with Crippen LogP contribution in [0.2, 0.25) is 0 Å². The third kappa shape index (κ3) is 3.55. The summed E-state index contributed by atoms with van der Waals surface area (Å²) in [6.45, 7) is 2.43. The number of rotatable bonds is 4. The van der Waals surface area contributed by atoms with E-state index in [2.05, 4.69) is 34.1 Å². The Hall–Kier alpha value is -0.710. The number of fused-ring (bicyclic) bond motifs is 1. The first-order chi connectivity index (χ1) is 10.3. The second-order valence-corrected chi connectivity index (χ2v) is 7.20. The molecule has 1 aromatic rings. The van der Waals surface area contributed by atoms with Crippen LogP contribution in [0.3, 0.4) is 0 Å². The number of hydrogen-bond acceptors (Lipinski definition) is 4. The quantitative estimate of drug-likeness (QED) is 0.835. The van der Waals surface area contributed by atoms with E-state index in [1.54, 1.807) is 11.1 Å². The van der Waals surface area contributed by atoms with Crippen molar-refractivity contribution in [3.63, 3.8) is 0 Å². The van der Waals surface area contributed by atoms with Crippen molar-refractivity contribution in [2.24, 2.45) is 0 Å². The fourth-order valence-corrected chi connectivity index (χ4v) is 4.45. The van der Waals surface area contributed by atoms with Crippen molar-refractivity contribution < 1.29 is 0 Å². The summed E-state index contributed by atoms with van der Waals surface area (Å²) in [5.41, 5.74) is 4.46. The predicted molar refractivity (Wildman–Crippen MR) is 92.1 cm³/mol. The molecule has 1 fully saturated rings. The van der Waals surface area contributed by atoms with Gasteiger partial charge >= 0.3 is 0 Å². The zero-order chi connectivity index (χ0) is 14.7. The van der Waals surface area contributed by atoms with Gasteiger partial charge in [0.2, 0.25) is 0 Å². The molecule has 1 saturated heterocycles. The molecule has 2 N–H and O–H groups in total. The van der Waals surface area contributed by atoms with Crippen LogP contribution in [0.1, 0.15) is 36.8 Å². The van der Waals surface area contributed by atoms with Gasteiger partial charge in [-0.1, -0.05) is 0 Å². The van der Waals surface area contributed by atoms with Crippen LogP contribution in [0.25, 0.3) is 0 Å². The lowest BCUT2D eigenvalue weighted by Crippen LogP contribution is -2.38. The molecule has 0 radical (unpaired) electrons. The second-order valence-electron chi connectivity index (χ2n) is 6.32. The van der Waals surface area contributed by atoms with E-state index in [1.807, 2.05) is 19.0 Å². The molecule has 4 heteroatoms. The molecule has 1 heterocycles. The highest BCUT2D eigenvalue weighted by Crippen LogP contribution is 2.35. The molecule has 0 bridgehead atoms. The highest BCUT2D eigenvalue weighted by atomic mass is 32.2. The molecule has 1 aliphatic carbocycles.